The van der Waals surface area contributed by atoms with Gasteiger partial charge in [0.15, 0.2) is 6.23 Å². The molecule has 1 aliphatic rings. The van der Waals surface area contributed by atoms with Gasteiger partial charge in [-0.2, -0.15) is 0 Å². The fourth-order valence-corrected chi connectivity index (χ4v) is 2.31. The van der Waals surface area contributed by atoms with Crippen molar-refractivity contribution in [3.05, 3.63) is 48.6 Å². The summed E-state index contributed by atoms with van der Waals surface area (Å²) in [5, 5.41) is 0. The predicted molar refractivity (Wildman–Crippen MR) is 75.4 cm³/mol. The Morgan fingerprint density at radius 2 is 2.05 bits per heavy atom. The maximum Gasteiger partial charge on any atom is 0.224 e. The average molecular weight is 259 g/mol. The molecule has 0 aromatic heterocycles. The maximum absolute atomic E-state index is 12.0. The molecule has 1 unspecified atom stereocenters. The van der Waals surface area contributed by atoms with Crippen LogP contribution in [0.4, 0.5) is 0 Å². The summed E-state index contributed by atoms with van der Waals surface area (Å²) < 4.78 is 5.83. The van der Waals surface area contributed by atoms with Crippen LogP contribution in [0.25, 0.3) is 0 Å². The van der Waals surface area contributed by atoms with Crippen LogP contribution >= 0.6 is 0 Å². The van der Waals surface area contributed by atoms with E-state index < -0.39 is 0 Å². The first-order chi connectivity index (χ1) is 9.31. The van der Waals surface area contributed by atoms with Crippen molar-refractivity contribution in [2.75, 3.05) is 6.54 Å². The Morgan fingerprint density at radius 1 is 1.26 bits per heavy atom. The van der Waals surface area contributed by atoms with Gasteiger partial charge in [0.2, 0.25) is 5.91 Å². The third kappa shape index (κ3) is 3.93. The Labute approximate surface area is 114 Å². The molecule has 2 rings (SSSR count). The fourth-order valence-electron chi connectivity index (χ4n) is 2.31. The number of hydrogen-bond donors (Lipinski definition) is 0. The van der Waals surface area contributed by atoms with Crippen LogP contribution in [0.5, 0.6) is 0 Å². The van der Waals surface area contributed by atoms with E-state index in [9.17, 15) is 4.79 Å². The van der Waals surface area contributed by atoms with Crippen molar-refractivity contribution in [3.63, 3.8) is 0 Å². The summed E-state index contributed by atoms with van der Waals surface area (Å²) in [6.07, 6.45) is 5.17. The van der Waals surface area contributed by atoms with E-state index in [4.69, 9.17) is 4.74 Å². The van der Waals surface area contributed by atoms with Gasteiger partial charge in [0.05, 0.1) is 6.61 Å². The van der Waals surface area contributed by atoms with Gasteiger partial charge in [-0.05, 0) is 24.5 Å². The molecular formula is C16H21NO2. The third-order valence-corrected chi connectivity index (χ3v) is 3.38. The second kappa shape index (κ2) is 7.10. The summed E-state index contributed by atoms with van der Waals surface area (Å²) in [5.41, 5.74) is 1.11. The SMILES string of the molecule is C=CC(OCc1ccccc1)N1CCCCCC1=O. The lowest BCUT2D eigenvalue weighted by atomic mass is 10.2. The van der Waals surface area contributed by atoms with E-state index in [0.29, 0.717) is 13.0 Å². The number of likely N-dealkylation sites (tertiary alicyclic amines) is 1. The molecule has 1 atom stereocenters. The lowest BCUT2D eigenvalue weighted by Gasteiger charge is -2.28. The number of hydrogen-bond acceptors (Lipinski definition) is 2. The fraction of sp³-hybridized carbons (Fsp3) is 0.438. The summed E-state index contributed by atoms with van der Waals surface area (Å²) in [5.74, 6) is 0.176. The van der Waals surface area contributed by atoms with Gasteiger partial charge in [-0.1, -0.05) is 43.3 Å². The number of ether oxygens (including phenoxy) is 1. The van der Waals surface area contributed by atoms with E-state index in [1.807, 2.05) is 35.2 Å². The van der Waals surface area contributed by atoms with Gasteiger partial charge in [0.1, 0.15) is 0 Å². The number of amides is 1. The lowest BCUT2D eigenvalue weighted by Crippen LogP contribution is -2.40. The van der Waals surface area contributed by atoms with Crippen molar-refractivity contribution in [2.45, 2.75) is 38.5 Å². The monoisotopic (exact) mass is 259 g/mol. The number of nitrogens with zero attached hydrogens (tertiary/aromatic N) is 1. The van der Waals surface area contributed by atoms with Crippen molar-refractivity contribution in [1.29, 1.82) is 0 Å². The molecule has 1 aliphatic heterocycles. The zero-order chi connectivity index (χ0) is 13.5. The molecule has 0 aliphatic carbocycles. The van der Waals surface area contributed by atoms with Crippen LogP contribution in [0.2, 0.25) is 0 Å². The zero-order valence-corrected chi connectivity index (χ0v) is 11.3. The van der Waals surface area contributed by atoms with E-state index in [-0.39, 0.29) is 12.1 Å². The van der Waals surface area contributed by atoms with E-state index in [1.54, 1.807) is 6.08 Å². The zero-order valence-electron chi connectivity index (χ0n) is 11.3. The average Bonchev–Trinajstić information content (AvgIpc) is 2.66. The van der Waals surface area contributed by atoms with Crippen molar-refractivity contribution < 1.29 is 9.53 Å². The second-order valence-corrected chi connectivity index (χ2v) is 4.82. The molecule has 1 amide bonds. The van der Waals surface area contributed by atoms with Crippen molar-refractivity contribution in [1.82, 2.24) is 4.90 Å². The highest BCUT2D eigenvalue weighted by atomic mass is 16.5. The summed E-state index contributed by atoms with van der Waals surface area (Å²) >= 11 is 0. The molecule has 1 aromatic rings. The van der Waals surface area contributed by atoms with Crippen LogP contribution in [-0.4, -0.2) is 23.6 Å². The van der Waals surface area contributed by atoms with E-state index in [1.165, 1.54) is 0 Å². The van der Waals surface area contributed by atoms with Crippen molar-refractivity contribution >= 4 is 5.91 Å². The minimum absolute atomic E-state index is 0.176. The molecule has 0 bridgehead atoms. The van der Waals surface area contributed by atoms with Gasteiger partial charge >= 0.3 is 0 Å². The Kier molecular flexibility index (Phi) is 5.16. The van der Waals surface area contributed by atoms with Gasteiger partial charge in [-0.15, -0.1) is 0 Å². The molecule has 0 N–H and O–H groups in total. The van der Waals surface area contributed by atoms with Gasteiger partial charge in [-0.3, -0.25) is 4.79 Å². The minimum atomic E-state index is -0.314. The standard InChI is InChI=1S/C16H21NO2/c1-2-16(17-12-8-4-7-11-15(17)18)19-13-14-9-5-3-6-10-14/h2-3,5-6,9-10,16H,1,4,7-8,11-13H2. The molecule has 0 radical (unpaired) electrons. The van der Waals surface area contributed by atoms with Gasteiger partial charge in [0.25, 0.3) is 0 Å². The van der Waals surface area contributed by atoms with Crippen LogP contribution in [0, 0.1) is 0 Å². The maximum atomic E-state index is 12.0. The lowest BCUT2D eigenvalue weighted by molar-refractivity contribution is -0.142. The molecule has 19 heavy (non-hydrogen) atoms. The van der Waals surface area contributed by atoms with Gasteiger partial charge in [-0.25, -0.2) is 0 Å². The quantitative estimate of drug-likeness (QED) is 0.760. The largest absolute Gasteiger partial charge is 0.350 e. The normalized spacial score (nSPS) is 17.9. The van der Waals surface area contributed by atoms with Crippen molar-refractivity contribution in [3.8, 4) is 0 Å². The molecule has 3 heteroatoms. The summed E-state index contributed by atoms with van der Waals surface area (Å²) in [6.45, 7) is 5.06. The summed E-state index contributed by atoms with van der Waals surface area (Å²) in [6, 6.07) is 9.99. The molecule has 1 heterocycles. The molecule has 1 fully saturated rings. The predicted octanol–water partition coefficient (Wildman–Crippen LogP) is 3.12. The molecule has 3 nitrogen and oxygen atoms in total. The number of benzene rings is 1. The van der Waals surface area contributed by atoms with Crippen LogP contribution in [0.3, 0.4) is 0 Å². The Bertz CT molecular complexity index is 416. The summed E-state index contributed by atoms with van der Waals surface area (Å²) in [4.78, 5) is 13.8. The van der Waals surface area contributed by atoms with Crippen LogP contribution < -0.4 is 0 Å². The highest BCUT2D eigenvalue weighted by molar-refractivity contribution is 5.76. The molecular weight excluding hydrogens is 238 g/mol. The van der Waals surface area contributed by atoms with Gasteiger partial charge in [0, 0.05) is 13.0 Å². The second-order valence-electron chi connectivity index (χ2n) is 4.82. The van der Waals surface area contributed by atoms with E-state index in [2.05, 4.69) is 6.58 Å². The van der Waals surface area contributed by atoms with E-state index in [0.717, 1.165) is 31.4 Å². The van der Waals surface area contributed by atoms with Crippen LogP contribution in [-0.2, 0) is 16.1 Å². The van der Waals surface area contributed by atoms with E-state index >= 15 is 0 Å². The number of rotatable bonds is 5. The highest BCUT2D eigenvalue weighted by Gasteiger charge is 2.23. The first-order valence-electron chi connectivity index (χ1n) is 6.89. The van der Waals surface area contributed by atoms with Crippen LogP contribution in [0.1, 0.15) is 31.2 Å². The molecule has 1 aromatic carbocycles. The highest BCUT2D eigenvalue weighted by Crippen LogP contribution is 2.16. The van der Waals surface area contributed by atoms with Gasteiger partial charge < -0.3 is 9.64 Å². The molecule has 1 saturated heterocycles. The first kappa shape index (κ1) is 13.8. The number of carbonyl (C=O) groups excluding carboxylic acids is 1. The molecule has 0 saturated carbocycles. The van der Waals surface area contributed by atoms with Crippen LogP contribution in [0.15, 0.2) is 43.0 Å². The minimum Gasteiger partial charge on any atom is -0.350 e. The Balaban J connectivity index is 1.95. The first-order valence-corrected chi connectivity index (χ1v) is 6.89. The Hall–Kier alpha value is -1.61. The number of carbonyl (C=O) groups is 1. The summed E-state index contributed by atoms with van der Waals surface area (Å²) in [7, 11) is 0. The van der Waals surface area contributed by atoms with Crippen molar-refractivity contribution in [2.24, 2.45) is 0 Å². The molecule has 0 spiro atoms. The third-order valence-electron chi connectivity index (χ3n) is 3.38. The topological polar surface area (TPSA) is 29.5 Å². The molecule has 102 valence electrons. The Morgan fingerprint density at radius 3 is 2.79 bits per heavy atom. The smallest absolute Gasteiger partial charge is 0.224 e.